The van der Waals surface area contributed by atoms with Crippen molar-refractivity contribution < 1.29 is 17.9 Å². The van der Waals surface area contributed by atoms with Crippen LogP contribution < -0.4 is 26.0 Å². The van der Waals surface area contributed by atoms with Gasteiger partial charge in [0.05, 0.1) is 36.0 Å². The van der Waals surface area contributed by atoms with Crippen molar-refractivity contribution in [2.45, 2.75) is 64.5 Å². The van der Waals surface area contributed by atoms with Crippen molar-refractivity contribution in [3.8, 4) is 5.75 Å². The number of aromatic nitrogens is 2. The lowest BCUT2D eigenvalue weighted by atomic mass is 9.84. The van der Waals surface area contributed by atoms with Gasteiger partial charge in [-0.2, -0.15) is 4.98 Å². The maximum atomic E-state index is 12.8. The molecule has 2 unspecified atom stereocenters. The topological polar surface area (TPSA) is 150 Å². The summed E-state index contributed by atoms with van der Waals surface area (Å²) < 4.78 is 37.2. The summed E-state index contributed by atoms with van der Waals surface area (Å²) in [6.45, 7) is 7.30. The molecule has 230 valence electrons. The van der Waals surface area contributed by atoms with Gasteiger partial charge in [-0.1, -0.05) is 25.4 Å². The Bertz CT molecular complexity index is 1410. The second-order valence-electron chi connectivity index (χ2n) is 11.3. The van der Waals surface area contributed by atoms with E-state index < -0.39 is 14.9 Å². The van der Waals surface area contributed by atoms with Crippen LogP contribution in [0.25, 0.3) is 0 Å². The summed E-state index contributed by atoms with van der Waals surface area (Å²) in [4.78, 5) is 8.87. The summed E-state index contributed by atoms with van der Waals surface area (Å²) in [6, 6.07) is 4.52. The van der Waals surface area contributed by atoms with E-state index >= 15 is 0 Å². The fraction of sp³-hybridized carbons (Fsp3) is 0.552. The largest absolute Gasteiger partial charge is 0.488 e. The van der Waals surface area contributed by atoms with Crippen LogP contribution in [0.3, 0.4) is 0 Å². The standard InChI is InChI=1S/C29H42ClN7O4S/c1-17(2)16-42(38,39)27(31)25(14-32-4)35-28-23(30)13-34-29(37-28)36-24-10-18(3)22(12-26(24)41-21-6-7-21)19-8-9-33-20(11-19)15-40-5/h10,12-14,17,19-21,31-33H,6-9,11,15-16H2,1-5H3,(H2,34,35,36,37)/b25-14+,31-27?. The highest BCUT2D eigenvalue weighted by Gasteiger charge is 2.29. The number of sulfone groups is 1. The Morgan fingerprint density at radius 3 is 2.71 bits per heavy atom. The molecule has 1 saturated carbocycles. The maximum absolute atomic E-state index is 12.8. The van der Waals surface area contributed by atoms with E-state index in [4.69, 9.17) is 26.5 Å². The average molecular weight is 620 g/mol. The molecular weight excluding hydrogens is 578 g/mol. The van der Waals surface area contributed by atoms with Crippen molar-refractivity contribution in [1.82, 2.24) is 20.6 Å². The van der Waals surface area contributed by atoms with Gasteiger partial charge in [0.1, 0.15) is 10.8 Å². The normalized spacial score (nSPS) is 19.5. The Hall–Kier alpha value is -2.93. The van der Waals surface area contributed by atoms with Crippen LogP contribution in [0.15, 0.2) is 30.2 Å². The summed E-state index contributed by atoms with van der Waals surface area (Å²) >= 11 is 6.40. The Morgan fingerprint density at radius 2 is 2.05 bits per heavy atom. The lowest BCUT2D eigenvalue weighted by molar-refractivity contribution is 0.149. The summed E-state index contributed by atoms with van der Waals surface area (Å²) in [7, 11) is -0.476. The number of anilines is 3. The zero-order valence-corrected chi connectivity index (χ0v) is 26.5. The molecule has 2 heterocycles. The quantitative estimate of drug-likeness (QED) is 0.157. The Morgan fingerprint density at radius 1 is 1.29 bits per heavy atom. The molecule has 2 aliphatic rings. The van der Waals surface area contributed by atoms with Gasteiger partial charge in [0, 0.05) is 26.4 Å². The third kappa shape index (κ3) is 8.33. The minimum Gasteiger partial charge on any atom is -0.488 e. The molecule has 0 spiro atoms. The first-order chi connectivity index (χ1) is 20.0. The molecular formula is C29H42ClN7O4S. The molecule has 42 heavy (non-hydrogen) atoms. The van der Waals surface area contributed by atoms with Crippen molar-refractivity contribution in [2.24, 2.45) is 5.92 Å². The first-order valence-electron chi connectivity index (χ1n) is 14.3. The van der Waals surface area contributed by atoms with Crippen molar-refractivity contribution >= 4 is 43.9 Å². The van der Waals surface area contributed by atoms with Crippen LogP contribution in [0.4, 0.5) is 17.5 Å². The summed E-state index contributed by atoms with van der Waals surface area (Å²) in [6.07, 6.45) is 7.07. The van der Waals surface area contributed by atoms with Gasteiger partial charge in [0.15, 0.2) is 20.7 Å². The predicted molar refractivity (Wildman–Crippen MR) is 168 cm³/mol. The minimum atomic E-state index is -3.83. The van der Waals surface area contributed by atoms with Crippen molar-refractivity contribution in [2.75, 3.05) is 43.7 Å². The van der Waals surface area contributed by atoms with Gasteiger partial charge in [0.25, 0.3) is 0 Å². The molecule has 2 aromatic rings. The molecule has 0 radical (unpaired) electrons. The predicted octanol–water partition coefficient (Wildman–Crippen LogP) is 4.73. The molecule has 1 aliphatic carbocycles. The number of halogens is 1. The van der Waals surface area contributed by atoms with Crippen molar-refractivity contribution in [1.29, 1.82) is 5.41 Å². The van der Waals surface area contributed by atoms with Crippen LogP contribution in [0.5, 0.6) is 5.75 Å². The van der Waals surface area contributed by atoms with Crippen molar-refractivity contribution in [3.63, 3.8) is 0 Å². The highest BCUT2D eigenvalue weighted by Crippen LogP contribution is 2.40. The maximum Gasteiger partial charge on any atom is 0.229 e. The average Bonchev–Trinajstić information content (AvgIpc) is 3.75. The summed E-state index contributed by atoms with van der Waals surface area (Å²) in [5, 5.41) is 20.5. The van der Waals surface area contributed by atoms with Crippen LogP contribution in [-0.2, 0) is 14.6 Å². The number of hydrogen-bond donors (Lipinski definition) is 5. The van der Waals surface area contributed by atoms with Gasteiger partial charge < -0.3 is 30.7 Å². The van der Waals surface area contributed by atoms with E-state index in [1.54, 1.807) is 28.0 Å². The smallest absolute Gasteiger partial charge is 0.229 e. The number of benzene rings is 1. The van der Waals surface area contributed by atoms with Gasteiger partial charge in [-0.15, -0.1) is 0 Å². The Balaban J connectivity index is 1.60. The van der Waals surface area contributed by atoms with Gasteiger partial charge >= 0.3 is 0 Å². The highest BCUT2D eigenvalue weighted by atomic mass is 35.5. The highest BCUT2D eigenvalue weighted by molar-refractivity contribution is 8.06. The van der Waals surface area contributed by atoms with Crippen LogP contribution in [0.1, 0.15) is 56.6 Å². The summed E-state index contributed by atoms with van der Waals surface area (Å²) in [5.41, 5.74) is 3.16. The van der Waals surface area contributed by atoms with E-state index in [9.17, 15) is 8.42 Å². The third-order valence-corrected chi connectivity index (χ3v) is 9.35. The van der Waals surface area contributed by atoms with Gasteiger partial charge in [-0.25, -0.2) is 13.4 Å². The summed E-state index contributed by atoms with van der Waals surface area (Å²) in [5.74, 6) is 1.26. The molecule has 5 N–H and O–H groups in total. The molecule has 2 atom stereocenters. The molecule has 1 saturated heterocycles. The molecule has 1 aliphatic heterocycles. The number of hydrogen-bond acceptors (Lipinski definition) is 11. The lowest BCUT2D eigenvalue weighted by Crippen LogP contribution is -2.40. The second-order valence-corrected chi connectivity index (χ2v) is 13.7. The molecule has 0 amide bonds. The van der Waals surface area contributed by atoms with E-state index in [1.807, 2.05) is 0 Å². The van der Waals surface area contributed by atoms with Gasteiger partial charge in [-0.05, 0) is 74.2 Å². The Labute approximate surface area is 253 Å². The molecule has 13 heteroatoms. The zero-order valence-electron chi connectivity index (χ0n) is 24.9. The Kier molecular flexibility index (Phi) is 10.7. The number of ether oxygens (including phenoxy) is 2. The third-order valence-electron chi connectivity index (χ3n) is 7.13. The number of piperidine rings is 1. The van der Waals surface area contributed by atoms with Crippen molar-refractivity contribution in [3.05, 3.63) is 46.4 Å². The van der Waals surface area contributed by atoms with Crippen LogP contribution >= 0.6 is 11.6 Å². The van der Waals surface area contributed by atoms with Gasteiger partial charge in [-0.3, -0.25) is 5.41 Å². The molecule has 11 nitrogen and oxygen atoms in total. The second kappa shape index (κ2) is 14.0. The van der Waals surface area contributed by atoms with E-state index in [0.717, 1.165) is 49.2 Å². The van der Waals surface area contributed by atoms with Crippen LogP contribution in [0.2, 0.25) is 5.02 Å². The lowest BCUT2D eigenvalue weighted by Gasteiger charge is -2.31. The molecule has 1 aromatic heterocycles. The number of nitrogens with one attached hydrogen (secondary N) is 5. The van der Waals surface area contributed by atoms with Crippen LogP contribution in [0, 0.1) is 18.3 Å². The van der Waals surface area contributed by atoms with E-state index in [1.165, 1.54) is 18.0 Å². The number of rotatable bonds is 13. The molecule has 1 aromatic carbocycles. The number of methoxy groups -OCH3 is 1. The minimum absolute atomic E-state index is 0.0244. The monoisotopic (exact) mass is 619 g/mol. The molecule has 4 rings (SSSR count). The fourth-order valence-electron chi connectivity index (χ4n) is 5.08. The molecule has 0 bridgehead atoms. The fourth-order valence-corrected chi connectivity index (χ4v) is 6.70. The van der Waals surface area contributed by atoms with E-state index in [-0.39, 0.29) is 40.3 Å². The first-order valence-corrected chi connectivity index (χ1v) is 16.3. The SMILES string of the molecule is CN/C=C(/Nc1nc(Nc2cc(C)c(C3CCNC(COC)C3)cc2OC2CC2)ncc1Cl)C(=N)S(=O)(=O)CC(C)C. The van der Waals surface area contributed by atoms with Crippen LogP contribution in [-0.4, -0.2) is 68.6 Å². The van der Waals surface area contributed by atoms with Gasteiger partial charge in [0.2, 0.25) is 5.95 Å². The number of aryl methyl sites for hydroxylation is 1. The first kappa shape index (κ1) is 32.0. The van der Waals surface area contributed by atoms with E-state index in [0.29, 0.717) is 18.6 Å². The molecule has 2 fully saturated rings. The zero-order chi connectivity index (χ0) is 30.4. The van der Waals surface area contributed by atoms with E-state index in [2.05, 4.69) is 50.3 Å². The number of nitrogens with zero attached hydrogens (tertiary/aromatic N) is 2.